The van der Waals surface area contributed by atoms with E-state index in [-0.39, 0.29) is 17.4 Å². The molecule has 29 heavy (non-hydrogen) atoms. The first-order valence-corrected chi connectivity index (χ1v) is 9.62. The van der Waals surface area contributed by atoms with Gasteiger partial charge in [-0.3, -0.25) is 4.79 Å². The molecule has 0 fully saturated rings. The summed E-state index contributed by atoms with van der Waals surface area (Å²) in [5, 5.41) is 0.624. The molecular formula is C23H18Cl2O4. The van der Waals surface area contributed by atoms with E-state index in [0.717, 1.165) is 16.9 Å². The molecule has 4 nitrogen and oxygen atoms in total. The molecule has 0 bridgehead atoms. The van der Waals surface area contributed by atoms with Crippen molar-refractivity contribution in [1.82, 2.24) is 0 Å². The van der Waals surface area contributed by atoms with E-state index in [9.17, 15) is 9.59 Å². The molecule has 0 saturated heterocycles. The summed E-state index contributed by atoms with van der Waals surface area (Å²) >= 11 is 11.7. The maximum atomic E-state index is 12.2. The molecule has 148 valence electrons. The lowest BCUT2D eigenvalue weighted by Gasteiger charge is -2.08. The van der Waals surface area contributed by atoms with Crippen molar-refractivity contribution in [3.63, 3.8) is 0 Å². The van der Waals surface area contributed by atoms with Gasteiger partial charge in [-0.1, -0.05) is 47.5 Å². The Labute approximate surface area is 179 Å². The molecule has 6 heteroatoms. The zero-order valence-electron chi connectivity index (χ0n) is 15.7. The van der Waals surface area contributed by atoms with Gasteiger partial charge in [-0.2, -0.15) is 0 Å². The van der Waals surface area contributed by atoms with Crippen LogP contribution in [0.1, 0.15) is 31.8 Å². The maximum Gasteiger partial charge on any atom is 0.338 e. The third-order valence-electron chi connectivity index (χ3n) is 4.16. The summed E-state index contributed by atoms with van der Waals surface area (Å²) in [6.07, 6.45) is 0. The number of hydrogen-bond acceptors (Lipinski definition) is 4. The average molecular weight is 429 g/mol. The van der Waals surface area contributed by atoms with Crippen LogP contribution >= 0.6 is 23.2 Å². The molecule has 0 aliphatic carbocycles. The largest absolute Gasteiger partial charge is 0.489 e. The first-order valence-electron chi connectivity index (χ1n) is 8.86. The lowest BCUT2D eigenvalue weighted by molar-refractivity contribution is 0.0474. The first-order chi connectivity index (χ1) is 13.9. The van der Waals surface area contributed by atoms with Crippen LogP contribution in [0.25, 0.3) is 0 Å². The highest BCUT2D eigenvalue weighted by Crippen LogP contribution is 2.23. The molecule has 0 heterocycles. The van der Waals surface area contributed by atoms with Crippen molar-refractivity contribution < 1.29 is 19.1 Å². The third-order valence-corrected chi connectivity index (χ3v) is 4.90. The number of Topliss-reactive ketones (excluding diaryl/α,β-unsaturated/α-hetero) is 1. The summed E-state index contributed by atoms with van der Waals surface area (Å²) in [5.74, 6) is -0.154. The molecule has 0 saturated carbocycles. The van der Waals surface area contributed by atoms with Crippen molar-refractivity contribution in [2.75, 3.05) is 6.61 Å². The summed E-state index contributed by atoms with van der Waals surface area (Å²) in [7, 11) is 0. The fourth-order valence-electron chi connectivity index (χ4n) is 2.58. The van der Waals surface area contributed by atoms with Crippen LogP contribution in [0.4, 0.5) is 0 Å². The van der Waals surface area contributed by atoms with Crippen molar-refractivity contribution in [1.29, 1.82) is 0 Å². The van der Waals surface area contributed by atoms with E-state index in [4.69, 9.17) is 32.7 Å². The maximum absolute atomic E-state index is 12.2. The van der Waals surface area contributed by atoms with Crippen molar-refractivity contribution in [2.24, 2.45) is 0 Å². The zero-order chi connectivity index (χ0) is 20.8. The van der Waals surface area contributed by atoms with E-state index in [0.29, 0.717) is 22.8 Å². The van der Waals surface area contributed by atoms with Gasteiger partial charge < -0.3 is 9.47 Å². The number of hydrogen-bond donors (Lipinski definition) is 0. The van der Waals surface area contributed by atoms with Gasteiger partial charge in [0.25, 0.3) is 0 Å². The topological polar surface area (TPSA) is 52.6 Å². The Morgan fingerprint density at radius 2 is 1.59 bits per heavy atom. The number of rotatable bonds is 7. The summed E-state index contributed by atoms with van der Waals surface area (Å²) < 4.78 is 10.8. The molecule has 3 aromatic rings. The van der Waals surface area contributed by atoms with Crippen LogP contribution in [0.3, 0.4) is 0 Å². The number of aryl methyl sites for hydroxylation is 1. The van der Waals surface area contributed by atoms with Crippen LogP contribution in [0.15, 0.2) is 66.7 Å². The second-order valence-electron chi connectivity index (χ2n) is 6.43. The van der Waals surface area contributed by atoms with E-state index in [2.05, 4.69) is 0 Å². The number of carbonyl (C=O) groups excluding carboxylic acids is 2. The molecule has 0 spiro atoms. The van der Waals surface area contributed by atoms with E-state index in [1.807, 2.05) is 31.2 Å². The van der Waals surface area contributed by atoms with Gasteiger partial charge >= 0.3 is 5.97 Å². The standard InChI is InChI=1S/C23H18Cl2O4/c1-15-3-2-4-19(11-15)28-13-16-5-7-17(8-6-16)23(27)29-14-22(26)18-9-10-20(24)21(25)12-18/h2-12H,13-14H2,1H3. The zero-order valence-corrected chi connectivity index (χ0v) is 17.2. The van der Waals surface area contributed by atoms with Crippen molar-refractivity contribution >= 4 is 35.0 Å². The minimum Gasteiger partial charge on any atom is -0.489 e. The number of halogens is 2. The Balaban J connectivity index is 1.53. The lowest BCUT2D eigenvalue weighted by atomic mass is 10.1. The monoisotopic (exact) mass is 428 g/mol. The lowest BCUT2D eigenvalue weighted by Crippen LogP contribution is -2.14. The number of ether oxygens (including phenoxy) is 2. The fourth-order valence-corrected chi connectivity index (χ4v) is 2.87. The summed E-state index contributed by atoms with van der Waals surface area (Å²) in [6.45, 7) is 2.00. The van der Waals surface area contributed by atoms with E-state index in [1.54, 1.807) is 24.3 Å². The van der Waals surface area contributed by atoms with Gasteiger partial charge in [-0.15, -0.1) is 0 Å². The average Bonchev–Trinajstić information content (AvgIpc) is 2.72. The van der Waals surface area contributed by atoms with Gasteiger partial charge in [-0.05, 0) is 60.5 Å². The fraction of sp³-hybridized carbons (Fsp3) is 0.130. The molecule has 0 radical (unpaired) electrons. The molecule has 0 amide bonds. The Morgan fingerprint density at radius 1 is 0.862 bits per heavy atom. The van der Waals surface area contributed by atoms with E-state index in [1.165, 1.54) is 18.2 Å². The van der Waals surface area contributed by atoms with Gasteiger partial charge in [0, 0.05) is 5.56 Å². The van der Waals surface area contributed by atoms with Crippen molar-refractivity contribution in [2.45, 2.75) is 13.5 Å². The Kier molecular flexibility index (Phi) is 6.91. The van der Waals surface area contributed by atoms with Gasteiger partial charge in [0.2, 0.25) is 0 Å². The molecule has 0 N–H and O–H groups in total. The Hall–Kier alpha value is -2.82. The number of ketones is 1. The van der Waals surface area contributed by atoms with Gasteiger partial charge in [0.05, 0.1) is 15.6 Å². The van der Waals surface area contributed by atoms with Crippen LogP contribution < -0.4 is 4.74 Å². The highest BCUT2D eigenvalue weighted by Gasteiger charge is 2.13. The minimum atomic E-state index is -0.579. The smallest absolute Gasteiger partial charge is 0.338 e. The van der Waals surface area contributed by atoms with E-state index >= 15 is 0 Å². The third kappa shape index (κ3) is 5.83. The van der Waals surface area contributed by atoms with Gasteiger partial charge in [0.1, 0.15) is 12.4 Å². The van der Waals surface area contributed by atoms with Crippen molar-refractivity contribution in [3.05, 3.63) is 99.0 Å². The van der Waals surface area contributed by atoms with E-state index < -0.39 is 5.97 Å². The normalized spacial score (nSPS) is 10.4. The molecule has 3 rings (SSSR count). The summed E-state index contributed by atoms with van der Waals surface area (Å²) in [4.78, 5) is 24.3. The second kappa shape index (κ2) is 9.59. The number of benzene rings is 3. The SMILES string of the molecule is Cc1cccc(OCc2ccc(C(=O)OCC(=O)c3ccc(Cl)c(Cl)c3)cc2)c1. The quantitative estimate of drug-likeness (QED) is 0.346. The number of carbonyl (C=O) groups is 2. The van der Waals surface area contributed by atoms with Crippen LogP contribution in [0.2, 0.25) is 10.0 Å². The first kappa shape index (κ1) is 20.9. The van der Waals surface area contributed by atoms with Crippen LogP contribution in [-0.2, 0) is 11.3 Å². The van der Waals surface area contributed by atoms with Gasteiger partial charge in [-0.25, -0.2) is 4.79 Å². The summed E-state index contributed by atoms with van der Waals surface area (Å²) in [5.41, 5.74) is 2.72. The Morgan fingerprint density at radius 3 is 2.28 bits per heavy atom. The Bertz CT molecular complexity index is 1030. The summed E-state index contributed by atoms with van der Waals surface area (Å²) in [6, 6.07) is 19.1. The van der Waals surface area contributed by atoms with Gasteiger partial charge in [0.15, 0.2) is 12.4 Å². The highest BCUT2D eigenvalue weighted by molar-refractivity contribution is 6.42. The number of esters is 1. The molecule has 3 aromatic carbocycles. The van der Waals surface area contributed by atoms with Crippen LogP contribution in [-0.4, -0.2) is 18.4 Å². The molecule has 0 aliphatic rings. The van der Waals surface area contributed by atoms with Crippen molar-refractivity contribution in [3.8, 4) is 5.75 Å². The molecule has 0 aromatic heterocycles. The van der Waals surface area contributed by atoms with Crippen LogP contribution in [0, 0.1) is 6.92 Å². The predicted molar refractivity (Wildman–Crippen MR) is 113 cm³/mol. The molecule has 0 atom stereocenters. The second-order valence-corrected chi connectivity index (χ2v) is 7.24. The minimum absolute atomic E-state index is 0.271. The molecule has 0 aliphatic heterocycles. The van der Waals surface area contributed by atoms with Crippen LogP contribution in [0.5, 0.6) is 5.75 Å². The molecule has 0 unspecified atom stereocenters. The molecular weight excluding hydrogens is 411 g/mol. The predicted octanol–water partition coefficient (Wildman–Crippen LogP) is 5.92. The highest BCUT2D eigenvalue weighted by atomic mass is 35.5.